The number of halogens is 1. The van der Waals surface area contributed by atoms with Gasteiger partial charge in [0.1, 0.15) is 18.1 Å². The zero-order chi connectivity index (χ0) is 24.1. The number of furan rings is 1. The highest BCUT2D eigenvalue weighted by molar-refractivity contribution is 6.30. The predicted octanol–water partition coefficient (Wildman–Crippen LogP) is 5.10. The number of nitrogens with one attached hydrogen (secondary N) is 1. The number of rotatable bonds is 8. The summed E-state index contributed by atoms with van der Waals surface area (Å²) >= 11 is 5.96. The first-order chi connectivity index (χ1) is 16.4. The van der Waals surface area contributed by atoms with Gasteiger partial charge in [0, 0.05) is 11.2 Å². The molecule has 0 radical (unpaired) electrons. The number of hydrogen-bond donors (Lipinski definition) is 1. The van der Waals surface area contributed by atoms with E-state index in [0.717, 1.165) is 11.1 Å². The van der Waals surface area contributed by atoms with Crippen LogP contribution in [0.1, 0.15) is 37.8 Å². The Morgan fingerprint density at radius 1 is 1.15 bits per heavy atom. The van der Waals surface area contributed by atoms with E-state index in [4.69, 9.17) is 25.5 Å². The van der Waals surface area contributed by atoms with Crippen LogP contribution in [0.3, 0.4) is 0 Å². The van der Waals surface area contributed by atoms with Crippen molar-refractivity contribution < 1.29 is 23.5 Å². The van der Waals surface area contributed by atoms with Crippen LogP contribution in [0.4, 0.5) is 5.69 Å². The summed E-state index contributed by atoms with van der Waals surface area (Å²) in [5.41, 5.74) is 2.61. The molecule has 4 rings (SSSR count). The number of amides is 1. The molecule has 0 aliphatic heterocycles. The first-order valence-corrected chi connectivity index (χ1v) is 10.8. The summed E-state index contributed by atoms with van der Waals surface area (Å²) in [6.45, 7) is 2.41. The molecule has 174 valence electrons. The lowest BCUT2D eigenvalue weighted by molar-refractivity contribution is 0.0599. The van der Waals surface area contributed by atoms with E-state index in [2.05, 4.69) is 10.4 Å². The number of ether oxygens (including phenoxy) is 2. The number of esters is 1. The van der Waals surface area contributed by atoms with Gasteiger partial charge in [0.05, 0.1) is 31.1 Å². The zero-order valence-corrected chi connectivity index (χ0v) is 19.3. The summed E-state index contributed by atoms with van der Waals surface area (Å²) in [7, 11) is 1.34. The summed E-state index contributed by atoms with van der Waals surface area (Å²) in [5.74, 6) is 0.515. The van der Waals surface area contributed by atoms with Crippen LogP contribution in [-0.2, 0) is 17.9 Å². The Balaban J connectivity index is 1.36. The zero-order valence-electron chi connectivity index (χ0n) is 18.6. The molecule has 0 atom stereocenters. The van der Waals surface area contributed by atoms with Gasteiger partial charge in [0.25, 0.3) is 5.91 Å². The minimum Gasteiger partial charge on any atom is -0.485 e. The van der Waals surface area contributed by atoms with Crippen molar-refractivity contribution in [2.45, 2.75) is 20.1 Å². The molecule has 0 bridgehead atoms. The van der Waals surface area contributed by atoms with Crippen LogP contribution in [-0.4, -0.2) is 28.8 Å². The van der Waals surface area contributed by atoms with Crippen LogP contribution in [0.2, 0.25) is 5.02 Å². The first kappa shape index (κ1) is 23.1. The molecule has 8 nitrogen and oxygen atoms in total. The fraction of sp³-hybridized carbons (Fsp3) is 0.160. The Morgan fingerprint density at radius 2 is 1.97 bits per heavy atom. The Hall–Kier alpha value is -4.04. The van der Waals surface area contributed by atoms with E-state index in [9.17, 15) is 9.59 Å². The van der Waals surface area contributed by atoms with Crippen LogP contribution < -0.4 is 10.1 Å². The van der Waals surface area contributed by atoms with Gasteiger partial charge in [-0.25, -0.2) is 4.79 Å². The van der Waals surface area contributed by atoms with E-state index in [1.54, 1.807) is 47.3 Å². The highest BCUT2D eigenvalue weighted by Gasteiger charge is 2.15. The maximum Gasteiger partial charge on any atom is 0.338 e. The first-order valence-electron chi connectivity index (χ1n) is 10.4. The van der Waals surface area contributed by atoms with Gasteiger partial charge in [-0.3, -0.25) is 9.48 Å². The van der Waals surface area contributed by atoms with Crippen molar-refractivity contribution in [3.8, 4) is 5.75 Å². The molecule has 0 unspecified atom stereocenters. The van der Waals surface area contributed by atoms with Gasteiger partial charge in [-0.15, -0.1) is 0 Å². The Bertz CT molecular complexity index is 1330. The number of hydrogen-bond acceptors (Lipinski definition) is 6. The maximum atomic E-state index is 12.6. The summed E-state index contributed by atoms with van der Waals surface area (Å²) in [6.07, 6.45) is 3.19. The van der Waals surface area contributed by atoms with Gasteiger partial charge in [-0.2, -0.15) is 5.10 Å². The summed E-state index contributed by atoms with van der Waals surface area (Å²) in [4.78, 5) is 24.5. The molecule has 2 aromatic heterocycles. The molecule has 0 spiro atoms. The van der Waals surface area contributed by atoms with Crippen molar-refractivity contribution in [2.24, 2.45) is 0 Å². The highest BCUT2D eigenvalue weighted by atomic mass is 35.5. The van der Waals surface area contributed by atoms with Crippen molar-refractivity contribution in [2.75, 3.05) is 12.4 Å². The normalized spacial score (nSPS) is 10.7. The lowest BCUT2D eigenvalue weighted by atomic mass is 10.1. The number of anilines is 1. The maximum absolute atomic E-state index is 12.6. The second-order valence-electron chi connectivity index (χ2n) is 7.49. The fourth-order valence-corrected chi connectivity index (χ4v) is 3.58. The molecule has 4 aromatic rings. The van der Waals surface area contributed by atoms with Crippen LogP contribution in [0.15, 0.2) is 71.4 Å². The Morgan fingerprint density at radius 3 is 2.76 bits per heavy atom. The van der Waals surface area contributed by atoms with E-state index in [1.165, 1.54) is 13.3 Å². The molecule has 1 amide bonds. The topological polar surface area (TPSA) is 95.6 Å². The predicted molar refractivity (Wildman–Crippen MR) is 126 cm³/mol. The van der Waals surface area contributed by atoms with E-state index in [1.807, 2.05) is 25.1 Å². The molecule has 0 saturated heterocycles. The van der Waals surface area contributed by atoms with Gasteiger partial charge >= 0.3 is 5.97 Å². The molecule has 0 aliphatic carbocycles. The molecule has 0 fully saturated rings. The highest BCUT2D eigenvalue weighted by Crippen LogP contribution is 2.23. The van der Waals surface area contributed by atoms with Gasteiger partial charge in [-0.1, -0.05) is 29.8 Å². The van der Waals surface area contributed by atoms with Crippen LogP contribution >= 0.6 is 11.6 Å². The third-order valence-corrected chi connectivity index (χ3v) is 5.27. The molecule has 2 heterocycles. The molecule has 1 N–H and O–H groups in total. The quantitative estimate of drug-likeness (QED) is 0.353. The smallest absolute Gasteiger partial charge is 0.338 e. The lowest BCUT2D eigenvalue weighted by Crippen LogP contribution is -2.11. The number of carbonyl (C=O) groups excluding carboxylic acids is 2. The largest absolute Gasteiger partial charge is 0.485 e. The number of methoxy groups -OCH3 is 1. The second kappa shape index (κ2) is 10.3. The Labute approximate surface area is 201 Å². The monoisotopic (exact) mass is 479 g/mol. The van der Waals surface area contributed by atoms with Crippen LogP contribution in [0.5, 0.6) is 5.75 Å². The molecule has 0 aliphatic rings. The van der Waals surface area contributed by atoms with Gasteiger partial charge in [-0.05, 0) is 54.4 Å². The lowest BCUT2D eigenvalue weighted by Gasteiger charge is -2.08. The van der Waals surface area contributed by atoms with E-state index >= 15 is 0 Å². The molecular formula is C25H22ClN3O5. The van der Waals surface area contributed by atoms with E-state index in [-0.39, 0.29) is 12.4 Å². The summed E-state index contributed by atoms with van der Waals surface area (Å²) in [6, 6.07) is 15.7. The average molecular weight is 480 g/mol. The molecular weight excluding hydrogens is 458 g/mol. The third kappa shape index (κ3) is 5.47. The van der Waals surface area contributed by atoms with E-state index in [0.29, 0.717) is 34.3 Å². The minimum absolute atomic E-state index is 0.148. The molecule has 9 heteroatoms. The SMILES string of the molecule is COC(=O)c1ccccc1Cn1cc(NC(=O)c2ccc(COc3ccc(Cl)cc3C)o2)cn1. The van der Waals surface area contributed by atoms with Crippen LogP contribution in [0.25, 0.3) is 0 Å². The van der Waals surface area contributed by atoms with Crippen molar-refractivity contribution in [3.05, 3.63) is 100 Å². The molecule has 0 saturated carbocycles. The number of nitrogens with zero attached hydrogens (tertiary/aromatic N) is 2. The molecule has 34 heavy (non-hydrogen) atoms. The second-order valence-corrected chi connectivity index (χ2v) is 7.93. The van der Waals surface area contributed by atoms with Gasteiger partial charge in [0.15, 0.2) is 5.76 Å². The van der Waals surface area contributed by atoms with E-state index < -0.39 is 11.9 Å². The number of aromatic nitrogens is 2. The van der Waals surface area contributed by atoms with Gasteiger partial charge in [0.2, 0.25) is 0 Å². The molecule has 2 aromatic carbocycles. The van der Waals surface area contributed by atoms with Gasteiger partial charge < -0.3 is 19.2 Å². The average Bonchev–Trinajstić information content (AvgIpc) is 3.48. The Kier molecular flexibility index (Phi) is 6.98. The van der Waals surface area contributed by atoms with Crippen molar-refractivity contribution >= 4 is 29.2 Å². The third-order valence-electron chi connectivity index (χ3n) is 5.04. The summed E-state index contributed by atoms with van der Waals surface area (Å²) in [5, 5.41) is 7.65. The number of aryl methyl sites for hydroxylation is 1. The van der Waals surface area contributed by atoms with Crippen molar-refractivity contribution in [1.29, 1.82) is 0 Å². The minimum atomic E-state index is -0.417. The fourth-order valence-electron chi connectivity index (χ4n) is 3.35. The number of benzene rings is 2. The summed E-state index contributed by atoms with van der Waals surface area (Å²) < 4.78 is 17.8. The number of carbonyl (C=O) groups is 2. The van der Waals surface area contributed by atoms with Crippen LogP contribution in [0, 0.1) is 6.92 Å². The standard InChI is InChI=1S/C25H22ClN3O5/c1-16-11-18(26)7-9-22(16)33-15-20-8-10-23(34-20)24(30)28-19-12-27-29(14-19)13-17-5-3-4-6-21(17)25(31)32-2/h3-12,14H,13,15H2,1-2H3,(H,28,30). The van der Waals surface area contributed by atoms with Crippen molar-refractivity contribution in [1.82, 2.24) is 9.78 Å². The van der Waals surface area contributed by atoms with Crippen molar-refractivity contribution in [3.63, 3.8) is 0 Å².